The standard InChI is InChI=1S/C17H22O3S/c18-10-2-1-3-15-4-6-16(7-5-15)20-13-14-21-17-8-11-19-12-9-17/h4-7,17-18H,2,8-14H2. The van der Waals surface area contributed by atoms with Crippen LogP contribution in [-0.4, -0.2) is 42.5 Å². The third-order valence-corrected chi connectivity index (χ3v) is 4.54. The van der Waals surface area contributed by atoms with Gasteiger partial charge in [0.1, 0.15) is 5.75 Å². The molecule has 0 radical (unpaired) electrons. The molecule has 1 saturated heterocycles. The summed E-state index contributed by atoms with van der Waals surface area (Å²) in [6, 6.07) is 7.79. The molecule has 1 N–H and O–H groups in total. The molecular formula is C17H22O3S. The molecule has 0 amide bonds. The molecule has 2 rings (SSSR count). The molecule has 0 aromatic heterocycles. The maximum atomic E-state index is 8.67. The quantitative estimate of drug-likeness (QED) is 0.648. The zero-order valence-corrected chi connectivity index (χ0v) is 13.0. The molecule has 0 aliphatic carbocycles. The van der Waals surface area contributed by atoms with Gasteiger partial charge in [-0.25, -0.2) is 0 Å². The zero-order valence-electron chi connectivity index (χ0n) is 12.2. The topological polar surface area (TPSA) is 38.7 Å². The highest BCUT2D eigenvalue weighted by Gasteiger charge is 2.13. The lowest BCUT2D eigenvalue weighted by molar-refractivity contribution is 0.1000. The van der Waals surface area contributed by atoms with Crippen molar-refractivity contribution in [2.24, 2.45) is 0 Å². The first kappa shape index (κ1) is 16.2. The van der Waals surface area contributed by atoms with Crippen molar-refractivity contribution >= 4 is 11.8 Å². The van der Waals surface area contributed by atoms with E-state index in [4.69, 9.17) is 14.6 Å². The summed E-state index contributed by atoms with van der Waals surface area (Å²) >= 11 is 1.98. The maximum Gasteiger partial charge on any atom is 0.119 e. The Balaban J connectivity index is 1.65. The molecule has 114 valence electrons. The van der Waals surface area contributed by atoms with Crippen LogP contribution in [0.15, 0.2) is 24.3 Å². The Kier molecular flexibility index (Phi) is 7.51. The summed E-state index contributed by atoms with van der Waals surface area (Å²) in [4.78, 5) is 0. The minimum Gasteiger partial charge on any atom is -0.493 e. The van der Waals surface area contributed by atoms with Crippen LogP contribution in [0.5, 0.6) is 5.75 Å². The van der Waals surface area contributed by atoms with Crippen molar-refractivity contribution in [2.75, 3.05) is 32.2 Å². The van der Waals surface area contributed by atoms with Gasteiger partial charge in [-0.15, -0.1) is 0 Å². The summed E-state index contributed by atoms with van der Waals surface area (Å²) in [6.07, 6.45) is 2.83. The molecule has 1 aliphatic rings. The number of benzene rings is 1. The molecule has 1 aliphatic heterocycles. The Bertz CT molecular complexity index is 455. The Labute approximate surface area is 131 Å². The number of rotatable bonds is 6. The predicted octanol–water partition coefficient (Wildman–Crippen LogP) is 2.71. The van der Waals surface area contributed by atoms with Crippen LogP contribution in [0.4, 0.5) is 0 Å². The number of aliphatic hydroxyl groups excluding tert-OH is 1. The Hall–Kier alpha value is -1.15. The second kappa shape index (κ2) is 9.73. The fourth-order valence-corrected chi connectivity index (χ4v) is 3.11. The Morgan fingerprint density at radius 1 is 1.24 bits per heavy atom. The second-order valence-corrected chi connectivity index (χ2v) is 6.24. The van der Waals surface area contributed by atoms with Gasteiger partial charge in [-0.2, -0.15) is 11.8 Å². The summed E-state index contributed by atoms with van der Waals surface area (Å²) in [5.74, 6) is 7.81. The van der Waals surface area contributed by atoms with Crippen molar-refractivity contribution in [3.63, 3.8) is 0 Å². The molecule has 1 fully saturated rings. The van der Waals surface area contributed by atoms with Gasteiger partial charge < -0.3 is 14.6 Å². The maximum absolute atomic E-state index is 8.67. The highest BCUT2D eigenvalue weighted by molar-refractivity contribution is 7.99. The first-order chi connectivity index (χ1) is 10.4. The fraction of sp³-hybridized carbons (Fsp3) is 0.529. The van der Waals surface area contributed by atoms with Crippen LogP contribution >= 0.6 is 11.8 Å². The van der Waals surface area contributed by atoms with Crippen LogP contribution in [-0.2, 0) is 4.74 Å². The first-order valence-electron chi connectivity index (χ1n) is 7.40. The zero-order chi connectivity index (χ0) is 14.8. The predicted molar refractivity (Wildman–Crippen MR) is 86.8 cm³/mol. The Morgan fingerprint density at radius 2 is 2.00 bits per heavy atom. The number of hydrogen-bond donors (Lipinski definition) is 1. The third-order valence-electron chi connectivity index (χ3n) is 3.20. The van der Waals surface area contributed by atoms with Crippen molar-refractivity contribution in [2.45, 2.75) is 24.5 Å². The van der Waals surface area contributed by atoms with Gasteiger partial charge in [-0.3, -0.25) is 0 Å². The van der Waals surface area contributed by atoms with Crippen LogP contribution in [0, 0.1) is 11.8 Å². The van der Waals surface area contributed by atoms with E-state index in [0.29, 0.717) is 6.42 Å². The van der Waals surface area contributed by atoms with E-state index in [1.54, 1.807) is 0 Å². The molecule has 0 spiro atoms. The number of hydrogen-bond acceptors (Lipinski definition) is 4. The summed E-state index contributed by atoms with van der Waals surface area (Å²) in [6.45, 7) is 2.64. The highest BCUT2D eigenvalue weighted by Crippen LogP contribution is 2.22. The smallest absolute Gasteiger partial charge is 0.119 e. The Morgan fingerprint density at radius 3 is 2.71 bits per heavy atom. The fourth-order valence-electron chi connectivity index (χ4n) is 2.07. The van der Waals surface area contributed by atoms with E-state index in [1.807, 2.05) is 36.0 Å². The molecule has 4 heteroatoms. The van der Waals surface area contributed by atoms with Gasteiger partial charge in [-0.05, 0) is 37.1 Å². The molecule has 1 aromatic rings. The van der Waals surface area contributed by atoms with Gasteiger partial charge in [0, 0.05) is 36.2 Å². The number of thioether (sulfide) groups is 1. The molecule has 3 nitrogen and oxygen atoms in total. The van der Waals surface area contributed by atoms with E-state index in [0.717, 1.165) is 55.0 Å². The van der Waals surface area contributed by atoms with Gasteiger partial charge in [0.2, 0.25) is 0 Å². The monoisotopic (exact) mass is 306 g/mol. The molecule has 0 saturated carbocycles. The molecule has 21 heavy (non-hydrogen) atoms. The van der Waals surface area contributed by atoms with E-state index < -0.39 is 0 Å². The number of aliphatic hydroxyl groups is 1. The van der Waals surface area contributed by atoms with Gasteiger partial charge >= 0.3 is 0 Å². The van der Waals surface area contributed by atoms with Gasteiger partial charge in [-0.1, -0.05) is 11.8 Å². The van der Waals surface area contributed by atoms with Crippen LogP contribution in [0.3, 0.4) is 0 Å². The summed E-state index contributed by atoms with van der Waals surface area (Å²) in [5, 5.41) is 9.40. The minimum atomic E-state index is 0.110. The van der Waals surface area contributed by atoms with Crippen molar-refractivity contribution < 1.29 is 14.6 Å². The molecule has 0 atom stereocenters. The van der Waals surface area contributed by atoms with Crippen molar-refractivity contribution in [1.82, 2.24) is 0 Å². The average molecular weight is 306 g/mol. The molecular weight excluding hydrogens is 284 g/mol. The lowest BCUT2D eigenvalue weighted by atomic mass is 10.2. The van der Waals surface area contributed by atoms with Crippen LogP contribution in [0.1, 0.15) is 24.8 Å². The number of ether oxygens (including phenoxy) is 2. The van der Waals surface area contributed by atoms with E-state index in [2.05, 4.69) is 11.8 Å². The molecule has 0 bridgehead atoms. The van der Waals surface area contributed by atoms with Crippen molar-refractivity contribution in [3.05, 3.63) is 29.8 Å². The molecule has 0 unspecified atom stereocenters. The van der Waals surface area contributed by atoms with Gasteiger partial charge in [0.15, 0.2) is 0 Å². The summed E-state index contributed by atoms with van der Waals surface area (Å²) in [5.41, 5.74) is 0.951. The lowest BCUT2D eigenvalue weighted by Gasteiger charge is -2.21. The van der Waals surface area contributed by atoms with Crippen LogP contribution in [0.2, 0.25) is 0 Å². The van der Waals surface area contributed by atoms with E-state index >= 15 is 0 Å². The lowest BCUT2D eigenvalue weighted by Crippen LogP contribution is -2.18. The summed E-state index contributed by atoms with van der Waals surface area (Å²) in [7, 11) is 0. The van der Waals surface area contributed by atoms with Gasteiger partial charge in [0.05, 0.1) is 13.2 Å². The van der Waals surface area contributed by atoms with Crippen molar-refractivity contribution in [1.29, 1.82) is 0 Å². The van der Waals surface area contributed by atoms with E-state index in [9.17, 15) is 0 Å². The average Bonchev–Trinajstić information content (AvgIpc) is 2.54. The summed E-state index contributed by atoms with van der Waals surface area (Å²) < 4.78 is 11.1. The van der Waals surface area contributed by atoms with E-state index in [1.165, 1.54) is 0 Å². The SMILES string of the molecule is OCCC#Cc1ccc(OCCSC2CCOCC2)cc1. The minimum absolute atomic E-state index is 0.110. The van der Waals surface area contributed by atoms with Crippen molar-refractivity contribution in [3.8, 4) is 17.6 Å². The van der Waals surface area contributed by atoms with Crippen LogP contribution in [0.25, 0.3) is 0 Å². The molecule has 1 heterocycles. The highest BCUT2D eigenvalue weighted by atomic mass is 32.2. The van der Waals surface area contributed by atoms with Crippen LogP contribution < -0.4 is 4.74 Å². The normalized spacial score (nSPS) is 15.3. The first-order valence-corrected chi connectivity index (χ1v) is 8.45. The largest absolute Gasteiger partial charge is 0.493 e. The van der Waals surface area contributed by atoms with E-state index in [-0.39, 0.29) is 6.61 Å². The van der Waals surface area contributed by atoms with Gasteiger partial charge in [0.25, 0.3) is 0 Å². The second-order valence-electron chi connectivity index (χ2n) is 4.83. The third kappa shape index (κ3) is 6.43. The molecule has 1 aromatic carbocycles.